The Hall–Kier alpha value is -2.76. The van der Waals surface area contributed by atoms with E-state index in [2.05, 4.69) is 10.5 Å². The Morgan fingerprint density at radius 2 is 1.87 bits per heavy atom. The molecule has 0 saturated heterocycles. The Morgan fingerprint density at radius 1 is 1.13 bits per heavy atom. The van der Waals surface area contributed by atoms with E-state index in [9.17, 15) is 4.79 Å². The molecule has 23 heavy (non-hydrogen) atoms. The summed E-state index contributed by atoms with van der Waals surface area (Å²) in [7, 11) is 0. The molecule has 1 aromatic heterocycles. The monoisotopic (exact) mass is 314 g/mol. The zero-order valence-electron chi connectivity index (χ0n) is 13.3. The summed E-state index contributed by atoms with van der Waals surface area (Å²) in [6.07, 6.45) is 0. The van der Waals surface area contributed by atoms with Crippen LogP contribution in [-0.4, -0.2) is 24.8 Å². The summed E-state index contributed by atoms with van der Waals surface area (Å²) >= 11 is 0. The number of rotatable bonds is 3. The van der Waals surface area contributed by atoms with Crippen LogP contribution < -0.4 is 14.9 Å². The lowest BCUT2D eigenvalue weighted by Crippen LogP contribution is -2.20. The lowest BCUT2D eigenvalue weighted by atomic mass is 10.1. The van der Waals surface area contributed by atoms with Gasteiger partial charge in [0.25, 0.3) is 5.91 Å². The number of benzene rings is 1. The van der Waals surface area contributed by atoms with E-state index in [0.29, 0.717) is 41.8 Å². The average molecular weight is 314 g/mol. The smallest absolute Gasteiger partial charge is 0.274 e. The minimum atomic E-state index is -0.295. The zero-order valence-corrected chi connectivity index (χ0v) is 13.3. The van der Waals surface area contributed by atoms with Crippen LogP contribution in [0.1, 0.15) is 34.4 Å². The maximum Gasteiger partial charge on any atom is 0.274 e. The van der Waals surface area contributed by atoms with Crippen molar-refractivity contribution in [2.45, 2.75) is 20.8 Å². The van der Waals surface area contributed by atoms with Gasteiger partial charge < -0.3 is 13.9 Å². The van der Waals surface area contributed by atoms with E-state index in [4.69, 9.17) is 13.9 Å². The Kier molecular flexibility index (Phi) is 4.06. The molecule has 0 spiro atoms. The highest BCUT2D eigenvalue weighted by Crippen LogP contribution is 2.30. The van der Waals surface area contributed by atoms with Crippen LogP contribution in [0, 0.1) is 13.8 Å². The minimum absolute atomic E-state index is 0.295. The first kappa shape index (κ1) is 15.1. The van der Waals surface area contributed by atoms with Crippen LogP contribution in [0.15, 0.2) is 33.8 Å². The third kappa shape index (κ3) is 3.21. The molecule has 1 N–H and O–H groups in total. The zero-order chi connectivity index (χ0) is 16.4. The molecule has 0 saturated carbocycles. The summed E-state index contributed by atoms with van der Waals surface area (Å²) in [4.78, 5) is 12.1. The van der Waals surface area contributed by atoms with Crippen molar-refractivity contribution >= 4 is 11.6 Å². The molecule has 0 fully saturated rings. The van der Waals surface area contributed by atoms with Gasteiger partial charge in [0.1, 0.15) is 24.7 Å². The minimum Gasteiger partial charge on any atom is -0.486 e. The van der Waals surface area contributed by atoms with Gasteiger partial charge in [0.05, 0.1) is 11.3 Å². The van der Waals surface area contributed by atoms with Crippen LogP contribution in [0.2, 0.25) is 0 Å². The largest absolute Gasteiger partial charge is 0.486 e. The summed E-state index contributed by atoms with van der Waals surface area (Å²) < 4.78 is 16.4. The van der Waals surface area contributed by atoms with Crippen LogP contribution in [0.4, 0.5) is 0 Å². The van der Waals surface area contributed by atoms with E-state index in [1.165, 1.54) is 0 Å². The van der Waals surface area contributed by atoms with Crippen molar-refractivity contribution in [3.8, 4) is 11.5 Å². The molecule has 1 aliphatic rings. The summed E-state index contributed by atoms with van der Waals surface area (Å²) in [6, 6.07) is 7.27. The maximum absolute atomic E-state index is 12.1. The van der Waals surface area contributed by atoms with Crippen LogP contribution in [-0.2, 0) is 0 Å². The van der Waals surface area contributed by atoms with Gasteiger partial charge in [-0.2, -0.15) is 5.10 Å². The number of hydrazone groups is 1. The van der Waals surface area contributed by atoms with E-state index in [1.54, 1.807) is 19.9 Å². The first-order valence-electron chi connectivity index (χ1n) is 7.36. The van der Waals surface area contributed by atoms with E-state index < -0.39 is 0 Å². The van der Waals surface area contributed by atoms with Crippen molar-refractivity contribution in [1.82, 2.24) is 5.43 Å². The third-order valence-corrected chi connectivity index (χ3v) is 3.57. The lowest BCUT2D eigenvalue weighted by molar-refractivity contribution is 0.0953. The third-order valence-electron chi connectivity index (χ3n) is 3.57. The van der Waals surface area contributed by atoms with Gasteiger partial charge in [-0.1, -0.05) is 0 Å². The summed E-state index contributed by atoms with van der Waals surface area (Å²) in [5.41, 5.74) is 4.57. The fraction of sp³-hybridized carbons (Fsp3) is 0.294. The standard InChI is InChI=1S/C17H18N2O4/c1-10-8-14(12(3)23-10)17(20)19-18-11(2)13-4-5-15-16(9-13)22-7-6-21-15/h4-5,8-9H,6-7H2,1-3H3,(H,19,20)/b18-11+. The van der Waals surface area contributed by atoms with Crippen LogP contribution in [0.25, 0.3) is 0 Å². The van der Waals surface area contributed by atoms with Gasteiger partial charge in [-0.15, -0.1) is 0 Å². The molecule has 0 unspecified atom stereocenters. The van der Waals surface area contributed by atoms with Crippen LogP contribution in [0.5, 0.6) is 11.5 Å². The number of carbonyl (C=O) groups is 1. The van der Waals surface area contributed by atoms with Crippen molar-refractivity contribution in [2.75, 3.05) is 13.2 Å². The topological polar surface area (TPSA) is 73.1 Å². The number of furan rings is 1. The van der Waals surface area contributed by atoms with Gasteiger partial charge in [-0.25, -0.2) is 5.43 Å². The van der Waals surface area contributed by atoms with Gasteiger partial charge in [0, 0.05) is 5.56 Å². The molecular formula is C17H18N2O4. The Morgan fingerprint density at radius 3 is 2.57 bits per heavy atom. The van der Waals surface area contributed by atoms with Crippen LogP contribution in [0.3, 0.4) is 0 Å². The number of nitrogens with one attached hydrogen (secondary N) is 1. The molecule has 1 aromatic carbocycles. The Bertz CT molecular complexity index is 777. The van der Waals surface area contributed by atoms with E-state index in [-0.39, 0.29) is 5.91 Å². The van der Waals surface area contributed by atoms with Crippen molar-refractivity contribution < 1.29 is 18.7 Å². The van der Waals surface area contributed by atoms with Crippen LogP contribution >= 0.6 is 0 Å². The van der Waals surface area contributed by atoms with Gasteiger partial charge in [-0.3, -0.25) is 4.79 Å². The highest BCUT2D eigenvalue weighted by Gasteiger charge is 2.14. The molecule has 0 atom stereocenters. The molecular weight excluding hydrogens is 296 g/mol. The Balaban J connectivity index is 1.75. The normalized spacial score (nSPS) is 13.8. The predicted molar refractivity (Wildman–Crippen MR) is 85.3 cm³/mol. The maximum atomic E-state index is 12.1. The van der Waals surface area contributed by atoms with Crippen molar-refractivity contribution in [3.05, 3.63) is 46.9 Å². The quantitative estimate of drug-likeness (QED) is 0.698. The molecule has 3 rings (SSSR count). The number of hydrogen-bond donors (Lipinski definition) is 1. The SMILES string of the molecule is C/C(=N\NC(=O)c1cc(C)oc1C)c1ccc2c(c1)OCCO2. The van der Waals surface area contributed by atoms with Crippen molar-refractivity contribution in [3.63, 3.8) is 0 Å². The van der Waals surface area contributed by atoms with E-state index >= 15 is 0 Å². The summed E-state index contributed by atoms with van der Waals surface area (Å²) in [5.74, 6) is 2.39. The molecule has 2 heterocycles. The summed E-state index contributed by atoms with van der Waals surface area (Å²) in [5, 5.41) is 4.15. The van der Waals surface area contributed by atoms with E-state index in [0.717, 1.165) is 11.3 Å². The molecule has 0 radical (unpaired) electrons. The second kappa shape index (κ2) is 6.16. The van der Waals surface area contributed by atoms with Crippen molar-refractivity contribution in [2.24, 2.45) is 5.10 Å². The lowest BCUT2D eigenvalue weighted by Gasteiger charge is -2.18. The Labute approximate surface area is 134 Å². The summed E-state index contributed by atoms with van der Waals surface area (Å²) in [6.45, 7) is 6.45. The molecule has 0 bridgehead atoms. The van der Waals surface area contributed by atoms with E-state index in [1.807, 2.05) is 25.1 Å². The number of hydrogen-bond acceptors (Lipinski definition) is 5. The number of carbonyl (C=O) groups excluding carboxylic acids is 1. The van der Waals surface area contributed by atoms with Crippen molar-refractivity contribution in [1.29, 1.82) is 0 Å². The van der Waals surface area contributed by atoms with Gasteiger partial charge in [-0.05, 0) is 45.0 Å². The number of nitrogens with zero attached hydrogens (tertiary/aromatic N) is 1. The number of aryl methyl sites for hydroxylation is 2. The fourth-order valence-corrected chi connectivity index (χ4v) is 2.38. The second-order valence-electron chi connectivity index (χ2n) is 5.32. The average Bonchev–Trinajstić information content (AvgIpc) is 2.90. The number of ether oxygens (including phenoxy) is 2. The number of fused-ring (bicyclic) bond motifs is 1. The molecule has 0 aliphatic carbocycles. The molecule has 6 nitrogen and oxygen atoms in total. The molecule has 1 amide bonds. The second-order valence-corrected chi connectivity index (χ2v) is 5.32. The van der Waals surface area contributed by atoms with Gasteiger partial charge in [0.2, 0.25) is 0 Å². The first-order valence-corrected chi connectivity index (χ1v) is 7.36. The highest BCUT2D eigenvalue weighted by molar-refractivity contribution is 6.01. The molecule has 6 heteroatoms. The molecule has 2 aromatic rings. The molecule has 120 valence electrons. The number of amides is 1. The fourth-order valence-electron chi connectivity index (χ4n) is 2.38. The molecule has 1 aliphatic heterocycles. The predicted octanol–water partition coefficient (Wildman–Crippen LogP) is 2.82. The highest BCUT2D eigenvalue weighted by atomic mass is 16.6. The van der Waals surface area contributed by atoms with Gasteiger partial charge in [0.15, 0.2) is 11.5 Å². The first-order chi connectivity index (χ1) is 11.0. The van der Waals surface area contributed by atoms with Gasteiger partial charge >= 0.3 is 0 Å².